The van der Waals surface area contributed by atoms with Crippen LogP contribution >= 0.6 is 0 Å². The molecule has 0 amide bonds. The number of imidazole rings is 1. The number of anilines is 3. The zero-order valence-corrected chi connectivity index (χ0v) is 21.8. The van der Waals surface area contributed by atoms with Crippen molar-refractivity contribution < 1.29 is 9.53 Å². The lowest BCUT2D eigenvalue weighted by Gasteiger charge is -2.32. The zero-order chi connectivity index (χ0) is 25.9. The smallest absolute Gasteiger partial charge is 0.337 e. The Morgan fingerprint density at radius 1 is 1.08 bits per heavy atom. The number of carbonyl (C=O) groups excluding carboxylic acids is 1. The van der Waals surface area contributed by atoms with E-state index in [0.717, 1.165) is 43.7 Å². The van der Waals surface area contributed by atoms with Crippen LogP contribution in [0, 0.1) is 20.8 Å². The highest BCUT2D eigenvalue weighted by Crippen LogP contribution is 2.29. The number of methoxy groups -OCH3 is 1. The number of aromatic nitrogens is 4. The Balaban J connectivity index is 1.24. The molecule has 0 radical (unpaired) electrons. The maximum absolute atomic E-state index is 11.7. The second-order valence-corrected chi connectivity index (χ2v) is 9.78. The number of nitrogens with zero attached hydrogens (tertiary/aromatic N) is 4. The van der Waals surface area contributed by atoms with E-state index in [1.54, 1.807) is 6.33 Å². The van der Waals surface area contributed by atoms with Gasteiger partial charge in [0.25, 0.3) is 0 Å². The fourth-order valence-electron chi connectivity index (χ4n) is 5.02. The lowest BCUT2D eigenvalue weighted by Crippen LogP contribution is -2.39. The van der Waals surface area contributed by atoms with Crippen LogP contribution in [0.3, 0.4) is 0 Å². The van der Waals surface area contributed by atoms with Crippen LogP contribution in [0.4, 0.5) is 17.5 Å². The molecule has 9 nitrogen and oxygen atoms in total. The minimum absolute atomic E-state index is 0.282. The first-order valence-corrected chi connectivity index (χ1v) is 12.6. The number of H-pyrrole nitrogens is 1. The molecule has 0 unspecified atom stereocenters. The molecular formula is C28H33N7O2. The SMILES string of the molecule is COC(=O)c1ccc(CN2CCC(Nc3nc(Nc4c(C)cc(C)cc4C)c4[nH]cnc4n3)CC2)cc1. The van der Waals surface area contributed by atoms with Crippen molar-refractivity contribution in [2.24, 2.45) is 0 Å². The number of hydrogen-bond donors (Lipinski definition) is 3. The summed E-state index contributed by atoms with van der Waals surface area (Å²) in [6.45, 7) is 9.10. The molecule has 0 saturated carbocycles. The fraction of sp³-hybridized carbons (Fsp3) is 0.357. The van der Waals surface area contributed by atoms with E-state index in [1.807, 2.05) is 24.3 Å². The summed E-state index contributed by atoms with van der Waals surface area (Å²) in [6, 6.07) is 12.3. The van der Waals surface area contributed by atoms with Crippen LogP contribution in [0.25, 0.3) is 11.2 Å². The van der Waals surface area contributed by atoms with Crippen molar-refractivity contribution in [2.75, 3.05) is 30.8 Å². The van der Waals surface area contributed by atoms with Crippen LogP contribution < -0.4 is 10.6 Å². The van der Waals surface area contributed by atoms with E-state index in [2.05, 4.69) is 63.4 Å². The third-order valence-corrected chi connectivity index (χ3v) is 6.91. The third kappa shape index (κ3) is 5.56. The number of benzene rings is 2. The second kappa shape index (κ2) is 10.6. The molecule has 4 aromatic rings. The summed E-state index contributed by atoms with van der Waals surface area (Å²) >= 11 is 0. The molecule has 1 aliphatic heterocycles. The number of carbonyl (C=O) groups is 1. The van der Waals surface area contributed by atoms with Crippen LogP contribution in [0.15, 0.2) is 42.7 Å². The molecule has 1 saturated heterocycles. The van der Waals surface area contributed by atoms with Crippen molar-refractivity contribution >= 4 is 34.6 Å². The number of ether oxygens (including phenoxy) is 1. The molecule has 192 valence electrons. The van der Waals surface area contributed by atoms with Crippen LogP contribution in [0.1, 0.15) is 45.5 Å². The standard InChI is InChI=1S/C28H33N7O2/c1-17-13-18(2)23(19(3)14-17)32-26-24-25(30-16-29-24)33-28(34-26)31-22-9-11-35(12-10-22)15-20-5-7-21(8-6-20)27(36)37-4/h5-8,13-14,16,22H,9-12,15H2,1-4H3,(H3,29,30,31,32,33,34). The van der Waals surface area contributed by atoms with Crippen molar-refractivity contribution in [2.45, 2.75) is 46.2 Å². The highest BCUT2D eigenvalue weighted by molar-refractivity contribution is 5.89. The maximum Gasteiger partial charge on any atom is 0.337 e. The molecule has 1 fully saturated rings. The lowest BCUT2D eigenvalue weighted by atomic mass is 10.0. The largest absolute Gasteiger partial charge is 0.465 e. The van der Waals surface area contributed by atoms with Gasteiger partial charge >= 0.3 is 5.97 Å². The van der Waals surface area contributed by atoms with Crippen LogP contribution in [0.2, 0.25) is 0 Å². The molecule has 3 N–H and O–H groups in total. The quantitative estimate of drug-likeness (QED) is 0.309. The van der Waals surface area contributed by atoms with Gasteiger partial charge in [-0.05, 0) is 62.4 Å². The number of hydrogen-bond acceptors (Lipinski definition) is 8. The maximum atomic E-state index is 11.7. The van der Waals surface area contributed by atoms with Crippen molar-refractivity contribution in [1.82, 2.24) is 24.8 Å². The van der Waals surface area contributed by atoms with Crippen molar-refractivity contribution in [1.29, 1.82) is 0 Å². The highest BCUT2D eigenvalue weighted by Gasteiger charge is 2.21. The van der Waals surface area contributed by atoms with E-state index >= 15 is 0 Å². The summed E-state index contributed by atoms with van der Waals surface area (Å²) in [5, 5.41) is 7.07. The number of piperidine rings is 1. The van der Waals surface area contributed by atoms with Crippen molar-refractivity contribution in [3.05, 3.63) is 70.5 Å². The monoisotopic (exact) mass is 499 g/mol. The average molecular weight is 500 g/mol. The zero-order valence-electron chi connectivity index (χ0n) is 21.8. The summed E-state index contributed by atoms with van der Waals surface area (Å²) < 4.78 is 4.78. The molecule has 0 bridgehead atoms. The fourth-order valence-corrected chi connectivity index (χ4v) is 5.02. The normalized spacial score (nSPS) is 14.6. The first-order chi connectivity index (χ1) is 17.9. The van der Waals surface area contributed by atoms with Gasteiger partial charge in [0.15, 0.2) is 11.5 Å². The van der Waals surface area contributed by atoms with Gasteiger partial charge in [0, 0.05) is 31.4 Å². The van der Waals surface area contributed by atoms with Gasteiger partial charge in [-0.25, -0.2) is 9.78 Å². The van der Waals surface area contributed by atoms with Crippen molar-refractivity contribution in [3.63, 3.8) is 0 Å². The first-order valence-electron chi connectivity index (χ1n) is 12.6. The topological polar surface area (TPSA) is 108 Å². The lowest BCUT2D eigenvalue weighted by molar-refractivity contribution is 0.0600. The third-order valence-electron chi connectivity index (χ3n) is 6.91. The summed E-state index contributed by atoms with van der Waals surface area (Å²) in [5.41, 5.74) is 7.82. The van der Waals surface area contributed by atoms with Gasteiger partial charge in [-0.15, -0.1) is 0 Å². The number of aromatic amines is 1. The van der Waals surface area contributed by atoms with Gasteiger partial charge in [-0.3, -0.25) is 4.90 Å². The Kier molecular flexibility index (Phi) is 7.05. The minimum atomic E-state index is -0.309. The molecule has 3 heterocycles. The molecule has 5 rings (SSSR count). The molecule has 37 heavy (non-hydrogen) atoms. The minimum Gasteiger partial charge on any atom is -0.465 e. The molecular weight excluding hydrogens is 466 g/mol. The van der Waals surface area contributed by atoms with Gasteiger partial charge in [0.2, 0.25) is 5.95 Å². The van der Waals surface area contributed by atoms with Crippen LogP contribution in [-0.2, 0) is 11.3 Å². The molecule has 2 aromatic heterocycles. The molecule has 0 atom stereocenters. The summed E-state index contributed by atoms with van der Waals surface area (Å²) in [6.07, 6.45) is 3.63. The van der Waals surface area contributed by atoms with Gasteiger partial charge in [0.1, 0.15) is 5.52 Å². The van der Waals surface area contributed by atoms with Crippen LogP contribution in [-0.4, -0.2) is 57.0 Å². The second-order valence-electron chi connectivity index (χ2n) is 9.78. The van der Waals surface area contributed by atoms with E-state index in [4.69, 9.17) is 9.72 Å². The Morgan fingerprint density at radius 3 is 2.46 bits per heavy atom. The molecule has 2 aromatic carbocycles. The van der Waals surface area contributed by atoms with Crippen LogP contribution in [0.5, 0.6) is 0 Å². The predicted octanol–water partition coefficient (Wildman–Crippen LogP) is 4.88. The number of likely N-dealkylation sites (tertiary alicyclic amines) is 1. The van der Waals surface area contributed by atoms with E-state index in [0.29, 0.717) is 23.0 Å². The van der Waals surface area contributed by atoms with Crippen molar-refractivity contribution in [3.8, 4) is 0 Å². The highest BCUT2D eigenvalue weighted by atomic mass is 16.5. The number of fused-ring (bicyclic) bond motifs is 1. The molecule has 0 spiro atoms. The van der Waals surface area contributed by atoms with Gasteiger partial charge in [-0.2, -0.15) is 9.97 Å². The summed E-state index contributed by atoms with van der Waals surface area (Å²) in [7, 11) is 1.40. The Hall–Kier alpha value is -3.98. The number of nitrogens with one attached hydrogen (secondary N) is 3. The Bertz CT molecular complexity index is 1380. The van der Waals surface area contributed by atoms with Gasteiger partial charge in [-0.1, -0.05) is 29.8 Å². The van der Waals surface area contributed by atoms with E-state index in [-0.39, 0.29) is 12.0 Å². The van der Waals surface area contributed by atoms with E-state index in [9.17, 15) is 4.79 Å². The number of rotatable bonds is 7. The number of esters is 1. The predicted molar refractivity (Wildman–Crippen MR) is 145 cm³/mol. The summed E-state index contributed by atoms with van der Waals surface area (Å²) in [4.78, 5) is 31.1. The van der Waals surface area contributed by atoms with Gasteiger partial charge in [0.05, 0.1) is 19.0 Å². The first kappa shape index (κ1) is 24.7. The number of aryl methyl sites for hydroxylation is 3. The average Bonchev–Trinajstić information content (AvgIpc) is 3.36. The Labute approximate surface area is 216 Å². The van der Waals surface area contributed by atoms with Gasteiger partial charge < -0.3 is 20.4 Å². The molecule has 1 aliphatic rings. The van der Waals surface area contributed by atoms with E-state index < -0.39 is 0 Å². The molecule has 9 heteroatoms. The molecule has 0 aliphatic carbocycles. The van der Waals surface area contributed by atoms with E-state index in [1.165, 1.54) is 29.4 Å². The Morgan fingerprint density at radius 2 is 1.78 bits per heavy atom. The summed E-state index contributed by atoms with van der Waals surface area (Å²) in [5.74, 6) is 0.991.